The van der Waals surface area contributed by atoms with Gasteiger partial charge in [0.1, 0.15) is 5.75 Å². The number of guanidine groups is 1. The number of hydrogen-bond donors (Lipinski definition) is 2. The zero-order valence-corrected chi connectivity index (χ0v) is 21.8. The van der Waals surface area contributed by atoms with Gasteiger partial charge >= 0.3 is 0 Å². The summed E-state index contributed by atoms with van der Waals surface area (Å²) in [6.07, 6.45) is 2.64. The fourth-order valence-corrected chi connectivity index (χ4v) is 3.79. The maximum atomic E-state index is 5.92. The van der Waals surface area contributed by atoms with E-state index in [1.54, 1.807) is 24.6 Å². The molecule has 0 bridgehead atoms. The summed E-state index contributed by atoms with van der Waals surface area (Å²) in [4.78, 5) is 14.5. The number of benzene rings is 1. The van der Waals surface area contributed by atoms with Crippen molar-refractivity contribution < 1.29 is 4.74 Å². The molecular formula is C23H30IN5OS. The fourth-order valence-electron chi connectivity index (χ4n) is 2.85. The van der Waals surface area contributed by atoms with Gasteiger partial charge in [-0.1, -0.05) is 6.07 Å². The Morgan fingerprint density at radius 1 is 1.06 bits per heavy atom. The van der Waals surface area contributed by atoms with E-state index in [1.807, 2.05) is 24.3 Å². The molecule has 166 valence electrons. The van der Waals surface area contributed by atoms with Gasteiger partial charge < -0.3 is 15.4 Å². The van der Waals surface area contributed by atoms with E-state index in [-0.39, 0.29) is 24.0 Å². The van der Waals surface area contributed by atoms with Crippen molar-refractivity contribution in [1.29, 1.82) is 0 Å². The topological polar surface area (TPSA) is 71.4 Å². The zero-order chi connectivity index (χ0) is 21.5. The van der Waals surface area contributed by atoms with Gasteiger partial charge in [0.25, 0.3) is 0 Å². The number of rotatable bonds is 7. The SMILES string of the molecule is CN=C(NCCc1nc(C)c(C)s1)NCc1ccnc(Oc2ccc(C)c(C)c2)c1.I. The maximum absolute atomic E-state index is 5.92. The van der Waals surface area contributed by atoms with Crippen LogP contribution in [0.2, 0.25) is 0 Å². The van der Waals surface area contributed by atoms with Crippen LogP contribution in [0.4, 0.5) is 0 Å². The number of aliphatic imine (C=N–C) groups is 1. The predicted octanol–water partition coefficient (Wildman–Crippen LogP) is 5.09. The van der Waals surface area contributed by atoms with Gasteiger partial charge in [0.15, 0.2) is 5.96 Å². The number of ether oxygens (including phenoxy) is 1. The number of nitrogens with zero attached hydrogens (tertiary/aromatic N) is 3. The average molecular weight is 551 g/mol. The normalized spacial score (nSPS) is 11.1. The van der Waals surface area contributed by atoms with E-state index in [9.17, 15) is 0 Å². The zero-order valence-electron chi connectivity index (χ0n) is 18.7. The Kier molecular flexibility index (Phi) is 9.70. The molecule has 0 unspecified atom stereocenters. The van der Waals surface area contributed by atoms with Crippen molar-refractivity contribution in [3.8, 4) is 11.6 Å². The molecule has 0 aliphatic heterocycles. The molecule has 31 heavy (non-hydrogen) atoms. The second-order valence-corrected chi connectivity index (χ2v) is 8.49. The molecule has 0 amide bonds. The quantitative estimate of drug-likeness (QED) is 0.243. The first-order chi connectivity index (χ1) is 14.4. The molecule has 0 fully saturated rings. The van der Waals surface area contributed by atoms with Gasteiger partial charge in [-0.2, -0.15) is 0 Å². The standard InChI is InChI=1S/C23H29N5OS.HI/c1-15-6-7-20(12-16(15)2)29-21-13-19(8-10-25-21)14-27-23(24-5)26-11-9-22-28-17(3)18(4)30-22;/h6-8,10,12-13H,9,11,14H2,1-5H3,(H2,24,26,27);1H. The van der Waals surface area contributed by atoms with E-state index < -0.39 is 0 Å². The molecule has 0 saturated heterocycles. The van der Waals surface area contributed by atoms with Crippen LogP contribution in [-0.4, -0.2) is 29.5 Å². The minimum Gasteiger partial charge on any atom is -0.439 e. The van der Waals surface area contributed by atoms with Crippen LogP contribution in [0.15, 0.2) is 41.5 Å². The summed E-state index contributed by atoms with van der Waals surface area (Å²) >= 11 is 1.76. The first kappa shape index (κ1) is 25.1. The first-order valence-electron chi connectivity index (χ1n) is 10.0. The number of aromatic nitrogens is 2. The van der Waals surface area contributed by atoms with Crippen LogP contribution >= 0.6 is 35.3 Å². The van der Waals surface area contributed by atoms with Crippen molar-refractivity contribution in [2.75, 3.05) is 13.6 Å². The number of pyridine rings is 1. The molecule has 2 heterocycles. The van der Waals surface area contributed by atoms with Gasteiger partial charge in [-0.05, 0) is 62.6 Å². The minimum absolute atomic E-state index is 0. The highest BCUT2D eigenvalue weighted by molar-refractivity contribution is 14.0. The molecule has 3 rings (SSSR count). The van der Waals surface area contributed by atoms with E-state index in [4.69, 9.17) is 4.74 Å². The molecule has 3 aromatic rings. The third kappa shape index (κ3) is 7.46. The van der Waals surface area contributed by atoms with E-state index in [0.717, 1.165) is 40.9 Å². The number of nitrogens with one attached hydrogen (secondary N) is 2. The lowest BCUT2D eigenvalue weighted by molar-refractivity contribution is 0.461. The summed E-state index contributed by atoms with van der Waals surface area (Å²) in [5.74, 6) is 2.13. The maximum Gasteiger partial charge on any atom is 0.219 e. The van der Waals surface area contributed by atoms with Crippen LogP contribution in [0.1, 0.15) is 32.3 Å². The highest BCUT2D eigenvalue weighted by Gasteiger charge is 2.06. The van der Waals surface area contributed by atoms with Crippen molar-refractivity contribution in [2.45, 2.75) is 40.7 Å². The second-order valence-electron chi connectivity index (χ2n) is 7.20. The second kappa shape index (κ2) is 12.0. The van der Waals surface area contributed by atoms with Crippen molar-refractivity contribution in [2.24, 2.45) is 4.99 Å². The Morgan fingerprint density at radius 3 is 2.55 bits per heavy atom. The van der Waals surface area contributed by atoms with Gasteiger partial charge in [-0.25, -0.2) is 9.97 Å². The molecule has 8 heteroatoms. The lowest BCUT2D eigenvalue weighted by atomic mass is 10.1. The summed E-state index contributed by atoms with van der Waals surface area (Å²) in [6, 6.07) is 9.95. The molecule has 0 atom stereocenters. The lowest BCUT2D eigenvalue weighted by Gasteiger charge is -2.12. The smallest absolute Gasteiger partial charge is 0.219 e. The van der Waals surface area contributed by atoms with E-state index in [1.165, 1.54) is 16.0 Å². The van der Waals surface area contributed by atoms with Crippen LogP contribution in [0.5, 0.6) is 11.6 Å². The molecule has 0 saturated carbocycles. The fraction of sp³-hybridized carbons (Fsp3) is 0.348. The molecule has 1 aromatic carbocycles. The average Bonchev–Trinajstić information content (AvgIpc) is 3.05. The summed E-state index contributed by atoms with van der Waals surface area (Å²) in [7, 11) is 1.77. The largest absolute Gasteiger partial charge is 0.439 e. The Morgan fingerprint density at radius 2 is 1.87 bits per heavy atom. The highest BCUT2D eigenvalue weighted by Crippen LogP contribution is 2.22. The van der Waals surface area contributed by atoms with Crippen LogP contribution in [0, 0.1) is 27.7 Å². The molecule has 2 aromatic heterocycles. The van der Waals surface area contributed by atoms with E-state index >= 15 is 0 Å². The molecule has 6 nitrogen and oxygen atoms in total. The monoisotopic (exact) mass is 551 g/mol. The summed E-state index contributed by atoms with van der Waals surface area (Å²) in [6.45, 7) is 9.73. The van der Waals surface area contributed by atoms with Crippen molar-refractivity contribution in [3.05, 3.63) is 68.8 Å². The summed E-state index contributed by atoms with van der Waals surface area (Å²) in [5, 5.41) is 7.82. The van der Waals surface area contributed by atoms with Crippen LogP contribution in [0.25, 0.3) is 0 Å². The Balaban J connectivity index is 0.00000341. The third-order valence-corrected chi connectivity index (χ3v) is 6.02. The third-order valence-electron chi connectivity index (χ3n) is 4.89. The minimum atomic E-state index is 0. The Hall–Kier alpha value is -2.20. The number of hydrogen-bond acceptors (Lipinski definition) is 5. The van der Waals surface area contributed by atoms with Gasteiger partial charge in [-0.15, -0.1) is 35.3 Å². The molecule has 0 spiro atoms. The van der Waals surface area contributed by atoms with Crippen molar-refractivity contribution in [3.63, 3.8) is 0 Å². The van der Waals surface area contributed by atoms with Gasteiger partial charge in [0.05, 0.1) is 10.7 Å². The van der Waals surface area contributed by atoms with Crippen molar-refractivity contribution >= 4 is 41.3 Å². The molecule has 0 aliphatic rings. The first-order valence-corrected chi connectivity index (χ1v) is 10.8. The molecule has 0 radical (unpaired) electrons. The Labute approximate surface area is 205 Å². The Bertz CT molecular complexity index is 1020. The van der Waals surface area contributed by atoms with Gasteiger partial charge in [0.2, 0.25) is 5.88 Å². The number of halogens is 1. The van der Waals surface area contributed by atoms with Crippen LogP contribution in [-0.2, 0) is 13.0 Å². The summed E-state index contributed by atoms with van der Waals surface area (Å²) in [5.41, 5.74) is 4.63. The van der Waals surface area contributed by atoms with Crippen LogP contribution < -0.4 is 15.4 Å². The van der Waals surface area contributed by atoms with E-state index in [0.29, 0.717) is 12.4 Å². The van der Waals surface area contributed by atoms with Gasteiger partial charge in [-0.3, -0.25) is 4.99 Å². The van der Waals surface area contributed by atoms with Gasteiger partial charge in [0, 0.05) is 43.7 Å². The van der Waals surface area contributed by atoms with Crippen molar-refractivity contribution in [1.82, 2.24) is 20.6 Å². The highest BCUT2D eigenvalue weighted by atomic mass is 127. The summed E-state index contributed by atoms with van der Waals surface area (Å²) < 4.78 is 5.92. The molecule has 2 N–H and O–H groups in total. The predicted molar refractivity (Wildman–Crippen MR) is 139 cm³/mol. The molecular weight excluding hydrogens is 521 g/mol. The van der Waals surface area contributed by atoms with E-state index in [2.05, 4.69) is 59.4 Å². The van der Waals surface area contributed by atoms with Crippen LogP contribution in [0.3, 0.4) is 0 Å². The lowest BCUT2D eigenvalue weighted by Crippen LogP contribution is -2.37. The molecule has 0 aliphatic carbocycles. The number of aryl methyl sites for hydroxylation is 4. The number of thiazole rings is 1.